The Kier molecular flexibility index (Phi) is 4.54. The third kappa shape index (κ3) is 3.66. The summed E-state index contributed by atoms with van der Waals surface area (Å²) in [5.74, 6) is 0. The molecule has 0 aliphatic carbocycles. The van der Waals surface area contributed by atoms with Gasteiger partial charge in [-0.1, -0.05) is 42.0 Å². The second kappa shape index (κ2) is 6.17. The number of hydrogen-bond acceptors (Lipinski definition) is 3. The first-order valence-electron chi connectivity index (χ1n) is 6.26. The monoisotopic (exact) mass is 291 g/mol. The minimum absolute atomic E-state index is 0.164. The van der Waals surface area contributed by atoms with Crippen molar-refractivity contribution in [3.05, 3.63) is 65.2 Å². The van der Waals surface area contributed by atoms with Crippen LogP contribution in [0.5, 0.6) is 0 Å². The van der Waals surface area contributed by atoms with Gasteiger partial charge < -0.3 is 5.11 Å². The third-order valence-electron chi connectivity index (χ3n) is 2.94. The highest BCUT2D eigenvalue weighted by Gasteiger charge is 2.13. The maximum atomic E-state index is 12.2. The third-order valence-corrected chi connectivity index (χ3v) is 4.34. The van der Waals surface area contributed by atoms with Crippen LogP contribution in [-0.2, 0) is 23.2 Å². The first kappa shape index (κ1) is 14.7. The highest BCUT2D eigenvalue weighted by Crippen LogP contribution is 2.12. The molecule has 2 aromatic rings. The molecule has 0 aromatic heterocycles. The van der Waals surface area contributed by atoms with Crippen LogP contribution in [0, 0.1) is 6.92 Å². The van der Waals surface area contributed by atoms with Crippen molar-refractivity contribution in [3.63, 3.8) is 0 Å². The average Bonchev–Trinajstić information content (AvgIpc) is 2.45. The fraction of sp³-hybridized carbons (Fsp3) is 0.200. The number of rotatable bonds is 5. The number of aliphatic hydroxyl groups is 1. The van der Waals surface area contributed by atoms with Crippen LogP contribution >= 0.6 is 0 Å². The van der Waals surface area contributed by atoms with Gasteiger partial charge in [-0.05, 0) is 30.2 Å². The van der Waals surface area contributed by atoms with Crippen molar-refractivity contribution in [2.24, 2.45) is 0 Å². The minimum atomic E-state index is -3.57. The molecular weight excluding hydrogens is 274 g/mol. The first-order valence-corrected chi connectivity index (χ1v) is 7.74. The zero-order valence-electron chi connectivity index (χ0n) is 11.2. The molecule has 2 N–H and O–H groups in total. The maximum Gasteiger partial charge on any atom is 0.240 e. The molecule has 0 bridgehead atoms. The van der Waals surface area contributed by atoms with Crippen LogP contribution in [0.2, 0.25) is 0 Å². The van der Waals surface area contributed by atoms with Crippen molar-refractivity contribution in [1.82, 2.24) is 4.72 Å². The number of aryl methyl sites for hydroxylation is 1. The number of aliphatic hydroxyl groups excluding tert-OH is 1. The molecule has 106 valence electrons. The van der Waals surface area contributed by atoms with Crippen molar-refractivity contribution in [1.29, 1.82) is 0 Å². The standard InChI is InChI=1S/C15H17NO3S/c1-12-4-2-5-13(8-12)10-16-20(18,19)15-7-3-6-14(9-15)11-17/h2-9,16-17H,10-11H2,1H3. The van der Waals surface area contributed by atoms with E-state index in [2.05, 4.69) is 4.72 Å². The average molecular weight is 291 g/mol. The molecule has 2 aromatic carbocycles. The maximum absolute atomic E-state index is 12.2. The van der Waals surface area contributed by atoms with E-state index in [4.69, 9.17) is 5.11 Å². The van der Waals surface area contributed by atoms with Gasteiger partial charge in [0.25, 0.3) is 0 Å². The SMILES string of the molecule is Cc1cccc(CNS(=O)(=O)c2cccc(CO)c2)c1. The molecule has 0 aliphatic rings. The van der Waals surface area contributed by atoms with Gasteiger partial charge in [0.1, 0.15) is 0 Å². The van der Waals surface area contributed by atoms with E-state index in [0.29, 0.717) is 5.56 Å². The Bertz CT molecular complexity index is 696. The lowest BCUT2D eigenvalue weighted by Crippen LogP contribution is -2.23. The Morgan fingerprint density at radius 2 is 1.75 bits per heavy atom. The van der Waals surface area contributed by atoms with E-state index in [-0.39, 0.29) is 18.0 Å². The quantitative estimate of drug-likeness (QED) is 0.885. The molecule has 0 fully saturated rings. The van der Waals surface area contributed by atoms with Gasteiger partial charge in [-0.3, -0.25) is 0 Å². The summed E-state index contributed by atoms with van der Waals surface area (Å²) in [4.78, 5) is 0.164. The molecular formula is C15H17NO3S. The van der Waals surface area contributed by atoms with Crippen LogP contribution in [0.15, 0.2) is 53.4 Å². The van der Waals surface area contributed by atoms with E-state index < -0.39 is 10.0 Å². The number of hydrogen-bond donors (Lipinski definition) is 2. The topological polar surface area (TPSA) is 66.4 Å². The van der Waals surface area contributed by atoms with E-state index in [1.165, 1.54) is 12.1 Å². The van der Waals surface area contributed by atoms with E-state index in [9.17, 15) is 8.42 Å². The van der Waals surface area contributed by atoms with Crippen molar-refractivity contribution in [2.75, 3.05) is 0 Å². The summed E-state index contributed by atoms with van der Waals surface area (Å²) in [5.41, 5.74) is 2.57. The molecule has 0 unspecified atom stereocenters. The van der Waals surface area contributed by atoms with Gasteiger partial charge in [-0.15, -0.1) is 0 Å². The lowest BCUT2D eigenvalue weighted by atomic mass is 10.1. The smallest absolute Gasteiger partial charge is 0.240 e. The van der Waals surface area contributed by atoms with Crippen LogP contribution in [-0.4, -0.2) is 13.5 Å². The molecule has 2 rings (SSSR count). The van der Waals surface area contributed by atoms with E-state index in [1.54, 1.807) is 12.1 Å². The second-order valence-electron chi connectivity index (χ2n) is 4.62. The molecule has 4 nitrogen and oxygen atoms in total. The Labute approximate surface area is 119 Å². The van der Waals surface area contributed by atoms with Crippen LogP contribution in [0.1, 0.15) is 16.7 Å². The number of sulfonamides is 1. The van der Waals surface area contributed by atoms with Crippen molar-refractivity contribution >= 4 is 10.0 Å². The minimum Gasteiger partial charge on any atom is -0.392 e. The van der Waals surface area contributed by atoms with Crippen molar-refractivity contribution in [2.45, 2.75) is 25.0 Å². The van der Waals surface area contributed by atoms with E-state index in [0.717, 1.165) is 11.1 Å². The molecule has 0 spiro atoms. The van der Waals surface area contributed by atoms with E-state index in [1.807, 2.05) is 31.2 Å². The van der Waals surface area contributed by atoms with Gasteiger partial charge in [-0.2, -0.15) is 0 Å². The molecule has 5 heteroatoms. The van der Waals surface area contributed by atoms with Crippen LogP contribution < -0.4 is 4.72 Å². The second-order valence-corrected chi connectivity index (χ2v) is 6.39. The Balaban J connectivity index is 2.15. The largest absolute Gasteiger partial charge is 0.392 e. The molecule has 0 saturated heterocycles. The van der Waals surface area contributed by atoms with Crippen LogP contribution in [0.3, 0.4) is 0 Å². The summed E-state index contributed by atoms with van der Waals surface area (Å²) in [6.07, 6.45) is 0. The lowest BCUT2D eigenvalue weighted by molar-refractivity contribution is 0.281. The molecule has 0 aliphatic heterocycles. The van der Waals surface area contributed by atoms with Crippen molar-refractivity contribution in [3.8, 4) is 0 Å². The summed E-state index contributed by atoms with van der Waals surface area (Å²) in [6, 6.07) is 13.9. The van der Waals surface area contributed by atoms with Gasteiger partial charge >= 0.3 is 0 Å². The predicted octanol–water partition coefficient (Wildman–Crippen LogP) is 1.97. The van der Waals surface area contributed by atoms with Gasteiger partial charge in [-0.25, -0.2) is 13.1 Å². The summed E-state index contributed by atoms with van der Waals surface area (Å²) < 4.78 is 26.9. The zero-order chi connectivity index (χ0) is 14.6. The van der Waals surface area contributed by atoms with Gasteiger partial charge in [0.15, 0.2) is 0 Å². The highest BCUT2D eigenvalue weighted by molar-refractivity contribution is 7.89. The van der Waals surface area contributed by atoms with Crippen LogP contribution in [0.25, 0.3) is 0 Å². The summed E-state index contributed by atoms with van der Waals surface area (Å²) in [6.45, 7) is 2.03. The molecule has 0 heterocycles. The number of benzene rings is 2. The zero-order valence-corrected chi connectivity index (χ0v) is 12.0. The predicted molar refractivity (Wildman–Crippen MR) is 77.6 cm³/mol. The van der Waals surface area contributed by atoms with E-state index >= 15 is 0 Å². The first-order chi connectivity index (χ1) is 9.51. The van der Waals surface area contributed by atoms with Gasteiger partial charge in [0, 0.05) is 6.54 Å². The Morgan fingerprint density at radius 1 is 1.05 bits per heavy atom. The Hall–Kier alpha value is -1.69. The van der Waals surface area contributed by atoms with Gasteiger partial charge in [0.05, 0.1) is 11.5 Å². The summed E-state index contributed by atoms with van der Waals surface area (Å²) in [7, 11) is -3.57. The van der Waals surface area contributed by atoms with Crippen LogP contribution in [0.4, 0.5) is 0 Å². The lowest BCUT2D eigenvalue weighted by Gasteiger charge is -2.08. The Morgan fingerprint density at radius 3 is 2.45 bits per heavy atom. The number of nitrogens with one attached hydrogen (secondary N) is 1. The highest BCUT2D eigenvalue weighted by atomic mass is 32.2. The molecule has 20 heavy (non-hydrogen) atoms. The summed E-state index contributed by atoms with van der Waals surface area (Å²) >= 11 is 0. The normalized spacial score (nSPS) is 11.5. The fourth-order valence-electron chi connectivity index (χ4n) is 1.89. The molecule has 0 atom stereocenters. The molecule has 0 radical (unpaired) electrons. The van der Waals surface area contributed by atoms with Gasteiger partial charge in [0.2, 0.25) is 10.0 Å². The molecule has 0 amide bonds. The summed E-state index contributed by atoms with van der Waals surface area (Å²) in [5, 5.41) is 9.05. The van der Waals surface area contributed by atoms with Crippen molar-refractivity contribution < 1.29 is 13.5 Å². The molecule has 0 saturated carbocycles. The fourth-order valence-corrected chi connectivity index (χ4v) is 2.98.